The SMILES string of the molecule is Cc1ccsc1C(=O)N1CCC2(CC1)CC(C(=O)N1CCCC1)N(C)C2. The minimum atomic E-state index is 0.0369. The van der Waals surface area contributed by atoms with Crippen molar-refractivity contribution >= 4 is 23.2 Å². The maximum atomic E-state index is 12.9. The molecular weight excluding hydrogens is 346 g/mol. The zero-order valence-corrected chi connectivity index (χ0v) is 16.7. The van der Waals surface area contributed by atoms with Crippen molar-refractivity contribution in [1.29, 1.82) is 0 Å². The van der Waals surface area contributed by atoms with Crippen molar-refractivity contribution in [1.82, 2.24) is 14.7 Å². The average Bonchev–Trinajstić information content (AvgIpc) is 3.36. The molecule has 3 aliphatic rings. The van der Waals surface area contributed by atoms with E-state index in [1.165, 1.54) is 0 Å². The van der Waals surface area contributed by atoms with Crippen LogP contribution in [-0.4, -0.2) is 72.3 Å². The number of rotatable bonds is 2. The lowest BCUT2D eigenvalue weighted by Crippen LogP contribution is -2.44. The van der Waals surface area contributed by atoms with Crippen molar-refractivity contribution in [3.05, 3.63) is 21.9 Å². The number of amides is 2. The fourth-order valence-corrected chi connectivity index (χ4v) is 5.87. The van der Waals surface area contributed by atoms with E-state index in [1.807, 2.05) is 23.3 Å². The number of nitrogens with zero attached hydrogens (tertiary/aromatic N) is 3. The predicted octanol–water partition coefficient (Wildman–Crippen LogP) is 2.61. The smallest absolute Gasteiger partial charge is 0.264 e. The first kappa shape index (κ1) is 18.0. The Morgan fingerprint density at radius 1 is 1.12 bits per heavy atom. The van der Waals surface area contributed by atoms with Crippen LogP contribution in [0.1, 0.15) is 47.3 Å². The Morgan fingerprint density at radius 3 is 2.42 bits per heavy atom. The zero-order valence-electron chi connectivity index (χ0n) is 15.9. The molecule has 1 atom stereocenters. The van der Waals surface area contributed by atoms with Crippen molar-refractivity contribution in [2.45, 2.75) is 45.1 Å². The summed E-state index contributed by atoms with van der Waals surface area (Å²) in [6.07, 6.45) is 5.27. The van der Waals surface area contributed by atoms with Crippen LogP contribution < -0.4 is 0 Å². The highest BCUT2D eigenvalue weighted by Gasteiger charge is 2.48. The van der Waals surface area contributed by atoms with Gasteiger partial charge in [0.25, 0.3) is 5.91 Å². The monoisotopic (exact) mass is 375 g/mol. The van der Waals surface area contributed by atoms with Crippen LogP contribution in [0, 0.1) is 12.3 Å². The Kier molecular flexibility index (Phi) is 4.82. The molecule has 0 N–H and O–H groups in total. The van der Waals surface area contributed by atoms with Gasteiger partial charge in [0, 0.05) is 32.7 Å². The van der Waals surface area contributed by atoms with Gasteiger partial charge < -0.3 is 9.80 Å². The first-order valence-corrected chi connectivity index (χ1v) is 10.7. The summed E-state index contributed by atoms with van der Waals surface area (Å²) in [7, 11) is 2.10. The lowest BCUT2D eigenvalue weighted by Gasteiger charge is -2.39. The van der Waals surface area contributed by atoms with E-state index in [1.54, 1.807) is 11.3 Å². The third kappa shape index (κ3) is 3.18. The van der Waals surface area contributed by atoms with Crippen LogP contribution in [0.5, 0.6) is 0 Å². The van der Waals surface area contributed by atoms with Gasteiger partial charge >= 0.3 is 0 Å². The molecule has 4 heterocycles. The van der Waals surface area contributed by atoms with Gasteiger partial charge in [-0.1, -0.05) is 0 Å². The third-order valence-electron chi connectivity index (χ3n) is 6.61. The number of thiophene rings is 1. The minimum Gasteiger partial charge on any atom is -0.341 e. The summed E-state index contributed by atoms with van der Waals surface area (Å²) in [5.74, 6) is 0.512. The van der Waals surface area contributed by atoms with Gasteiger partial charge in [-0.2, -0.15) is 0 Å². The van der Waals surface area contributed by atoms with Crippen LogP contribution in [0.15, 0.2) is 11.4 Å². The summed E-state index contributed by atoms with van der Waals surface area (Å²) in [5.41, 5.74) is 1.29. The molecule has 0 aromatic carbocycles. The van der Waals surface area contributed by atoms with Crippen LogP contribution in [0.4, 0.5) is 0 Å². The standard InChI is InChI=1S/C20H29N3O2S/c1-15-5-12-26-17(15)19(25)23-10-6-20(7-11-23)13-16(21(2)14-20)18(24)22-8-3-4-9-22/h5,12,16H,3-4,6-11,13-14H2,1-2H3. The molecule has 0 saturated carbocycles. The molecule has 1 spiro atoms. The van der Waals surface area contributed by atoms with Gasteiger partial charge in [0.2, 0.25) is 5.91 Å². The quantitative estimate of drug-likeness (QED) is 0.798. The van der Waals surface area contributed by atoms with Crippen molar-refractivity contribution < 1.29 is 9.59 Å². The number of carbonyl (C=O) groups excluding carboxylic acids is 2. The topological polar surface area (TPSA) is 43.9 Å². The zero-order chi connectivity index (χ0) is 18.3. The van der Waals surface area contributed by atoms with E-state index in [9.17, 15) is 9.59 Å². The van der Waals surface area contributed by atoms with Crippen LogP contribution in [-0.2, 0) is 4.79 Å². The highest BCUT2D eigenvalue weighted by atomic mass is 32.1. The van der Waals surface area contributed by atoms with Gasteiger partial charge in [0.15, 0.2) is 0 Å². The second-order valence-corrected chi connectivity index (χ2v) is 9.31. The highest BCUT2D eigenvalue weighted by Crippen LogP contribution is 2.43. The molecule has 0 radical (unpaired) electrons. The van der Waals surface area contributed by atoms with Crippen molar-refractivity contribution in [2.75, 3.05) is 39.8 Å². The maximum absolute atomic E-state index is 12.9. The number of likely N-dealkylation sites (tertiary alicyclic amines) is 3. The first-order valence-electron chi connectivity index (χ1n) is 9.81. The van der Waals surface area contributed by atoms with Gasteiger partial charge in [0.1, 0.15) is 0 Å². The third-order valence-corrected chi connectivity index (χ3v) is 7.62. The van der Waals surface area contributed by atoms with Gasteiger partial charge in [0.05, 0.1) is 10.9 Å². The van der Waals surface area contributed by atoms with Gasteiger partial charge in [-0.15, -0.1) is 11.3 Å². The van der Waals surface area contributed by atoms with E-state index in [-0.39, 0.29) is 17.4 Å². The van der Waals surface area contributed by atoms with Crippen LogP contribution in [0.2, 0.25) is 0 Å². The van der Waals surface area contributed by atoms with E-state index in [0.29, 0.717) is 5.91 Å². The maximum Gasteiger partial charge on any atom is 0.264 e. The first-order chi connectivity index (χ1) is 12.5. The normalized spacial score (nSPS) is 26.0. The van der Waals surface area contributed by atoms with Gasteiger partial charge in [-0.3, -0.25) is 14.5 Å². The summed E-state index contributed by atoms with van der Waals surface area (Å²) < 4.78 is 0. The number of piperidine rings is 1. The number of hydrogen-bond donors (Lipinski definition) is 0. The summed E-state index contributed by atoms with van der Waals surface area (Å²) in [6.45, 7) is 6.48. The molecular formula is C20H29N3O2S. The molecule has 3 saturated heterocycles. The van der Waals surface area contributed by atoms with Crippen molar-refractivity contribution in [3.8, 4) is 0 Å². The van der Waals surface area contributed by atoms with E-state index < -0.39 is 0 Å². The predicted molar refractivity (Wildman–Crippen MR) is 103 cm³/mol. The number of carbonyl (C=O) groups is 2. The Hall–Kier alpha value is -1.40. The number of aryl methyl sites for hydroxylation is 1. The molecule has 5 nitrogen and oxygen atoms in total. The Balaban J connectivity index is 1.38. The second kappa shape index (κ2) is 6.97. The Labute approximate surface area is 159 Å². The summed E-state index contributed by atoms with van der Waals surface area (Å²) in [6, 6.07) is 2.05. The number of likely N-dealkylation sites (N-methyl/N-ethyl adjacent to an activating group) is 1. The highest BCUT2D eigenvalue weighted by molar-refractivity contribution is 7.12. The van der Waals surface area contributed by atoms with Gasteiger partial charge in [-0.05, 0) is 68.5 Å². The van der Waals surface area contributed by atoms with Crippen LogP contribution in [0.3, 0.4) is 0 Å². The minimum absolute atomic E-state index is 0.0369. The molecule has 2 amide bonds. The largest absolute Gasteiger partial charge is 0.341 e. The second-order valence-electron chi connectivity index (χ2n) is 8.39. The van der Waals surface area contributed by atoms with Gasteiger partial charge in [-0.25, -0.2) is 0 Å². The Bertz CT molecular complexity index is 687. The van der Waals surface area contributed by atoms with E-state index in [4.69, 9.17) is 0 Å². The molecule has 3 fully saturated rings. The molecule has 26 heavy (non-hydrogen) atoms. The van der Waals surface area contributed by atoms with E-state index in [0.717, 1.165) is 75.3 Å². The molecule has 0 aliphatic carbocycles. The average molecular weight is 376 g/mol. The lowest BCUT2D eigenvalue weighted by molar-refractivity contribution is -0.134. The Morgan fingerprint density at radius 2 is 1.81 bits per heavy atom. The molecule has 0 bridgehead atoms. The molecule has 1 aromatic heterocycles. The van der Waals surface area contributed by atoms with E-state index >= 15 is 0 Å². The van der Waals surface area contributed by atoms with Crippen LogP contribution >= 0.6 is 11.3 Å². The van der Waals surface area contributed by atoms with Crippen molar-refractivity contribution in [3.63, 3.8) is 0 Å². The number of hydrogen-bond acceptors (Lipinski definition) is 4. The van der Waals surface area contributed by atoms with E-state index in [2.05, 4.69) is 16.8 Å². The summed E-state index contributed by atoms with van der Waals surface area (Å²) in [5, 5.41) is 1.99. The molecule has 142 valence electrons. The molecule has 1 unspecified atom stereocenters. The summed E-state index contributed by atoms with van der Waals surface area (Å²) in [4.78, 5) is 32.8. The van der Waals surface area contributed by atoms with Crippen molar-refractivity contribution in [2.24, 2.45) is 5.41 Å². The molecule has 4 rings (SSSR count). The summed E-state index contributed by atoms with van der Waals surface area (Å²) >= 11 is 1.54. The molecule has 6 heteroatoms. The lowest BCUT2D eigenvalue weighted by atomic mass is 9.76. The van der Waals surface area contributed by atoms with Crippen LogP contribution in [0.25, 0.3) is 0 Å². The molecule has 1 aromatic rings. The fraction of sp³-hybridized carbons (Fsp3) is 0.700. The molecule has 3 aliphatic heterocycles. The fourth-order valence-electron chi connectivity index (χ4n) is 4.98.